The normalized spacial score (nSPS) is 12.0. The summed E-state index contributed by atoms with van der Waals surface area (Å²) in [6, 6.07) is 11.6. The average molecular weight is 413 g/mol. The van der Waals surface area contributed by atoms with Crippen LogP contribution in [-0.4, -0.2) is 18.0 Å². The number of anilines is 1. The summed E-state index contributed by atoms with van der Waals surface area (Å²) in [5.41, 5.74) is 0.741. The number of carbonyl (C=O) groups excluding carboxylic acids is 2. The summed E-state index contributed by atoms with van der Waals surface area (Å²) in [4.78, 5) is 24.5. The van der Waals surface area contributed by atoms with E-state index in [1.165, 1.54) is 19.1 Å². The second kappa shape index (κ2) is 7.58. The van der Waals surface area contributed by atoms with E-state index in [9.17, 15) is 9.59 Å². The number of hydrogen-bond donors (Lipinski definition) is 1. The van der Waals surface area contributed by atoms with Gasteiger partial charge in [0.15, 0.2) is 6.10 Å². The maximum absolute atomic E-state index is 12.3. The van der Waals surface area contributed by atoms with E-state index < -0.39 is 18.0 Å². The first-order chi connectivity index (χ1) is 12.3. The number of esters is 1. The summed E-state index contributed by atoms with van der Waals surface area (Å²) >= 11 is 17.9. The third-order valence-electron chi connectivity index (χ3n) is 3.53. The van der Waals surface area contributed by atoms with Crippen molar-refractivity contribution in [3.63, 3.8) is 0 Å². The molecule has 0 aliphatic heterocycles. The largest absolute Gasteiger partial charge is 0.449 e. The lowest BCUT2D eigenvalue weighted by molar-refractivity contribution is -0.123. The first-order valence-corrected chi connectivity index (χ1v) is 8.63. The van der Waals surface area contributed by atoms with Crippen molar-refractivity contribution in [1.82, 2.24) is 0 Å². The fourth-order valence-corrected chi connectivity index (χ4v) is 3.15. The molecule has 0 saturated carbocycles. The Morgan fingerprint density at radius 2 is 1.73 bits per heavy atom. The van der Waals surface area contributed by atoms with Crippen LogP contribution in [-0.2, 0) is 9.53 Å². The van der Waals surface area contributed by atoms with E-state index in [1.807, 2.05) is 6.07 Å². The van der Waals surface area contributed by atoms with Gasteiger partial charge in [-0.3, -0.25) is 4.79 Å². The smallest absolute Gasteiger partial charge is 0.375 e. The maximum atomic E-state index is 12.3. The zero-order valence-electron chi connectivity index (χ0n) is 13.4. The number of benzene rings is 2. The predicted octanol–water partition coefficient (Wildman–Crippen LogP) is 5.58. The quantitative estimate of drug-likeness (QED) is 0.568. The number of nitrogens with one attached hydrogen (secondary N) is 1. The van der Waals surface area contributed by atoms with Crippen molar-refractivity contribution in [2.45, 2.75) is 13.0 Å². The molecule has 1 heterocycles. The van der Waals surface area contributed by atoms with Crippen LogP contribution in [0.25, 0.3) is 11.0 Å². The number of ether oxygens (including phenoxy) is 1. The Bertz CT molecular complexity index is 943. The van der Waals surface area contributed by atoms with Gasteiger partial charge >= 0.3 is 5.97 Å². The van der Waals surface area contributed by atoms with Gasteiger partial charge < -0.3 is 14.5 Å². The lowest BCUT2D eigenvalue weighted by Crippen LogP contribution is -2.30. The molecule has 0 aliphatic carbocycles. The molecule has 26 heavy (non-hydrogen) atoms. The van der Waals surface area contributed by atoms with E-state index in [0.29, 0.717) is 10.6 Å². The van der Waals surface area contributed by atoms with Crippen molar-refractivity contribution >= 4 is 63.3 Å². The van der Waals surface area contributed by atoms with Gasteiger partial charge in [0.05, 0.1) is 15.7 Å². The fraction of sp³-hybridized carbons (Fsp3) is 0.111. The van der Waals surface area contributed by atoms with Gasteiger partial charge in [-0.1, -0.05) is 53.0 Å². The van der Waals surface area contributed by atoms with Crippen LogP contribution in [0, 0.1) is 0 Å². The molecule has 0 saturated heterocycles. The number of halogens is 3. The summed E-state index contributed by atoms with van der Waals surface area (Å²) in [6.45, 7) is 1.42. The number of para-hydroxylation sites is 1. The van der Waals surface area contributed by atoms with Gasteiger partial charge in [0.1, 0.15) is 5.58 Å². The van der Waals surface area contributed by atoms with Crippen LogP contribution in [0.15, 0.2) is 46.9 Å². The Labute approximate surface area is 163 Å². The minimum absolute atomic E-state index is 0.00778. The van der Waals surface area contributed by atoms with E-state index >= 15 is 0 Å². The van der Waals surface area contributed by atoms with Crippen LogP contribution in [0.1, 0.15) is 17.5 Å². The lowest BCUT2D eigenvalue weighted by atomic mass is 10.2. The van der Waals surface area contributed by atoms with E-state index in [-0.39, 0.29) is 21.5 Å². The number of carbonyl (C=O) groups is 2. The Balaban J connectivity index is 1.70. The Hall–Kier alpha value is -2.21. The van der Waals surface area contributed by atoms with Gasteiger partial charge in [-0.25, -0.2) is 4.79 Å². The van der Waals surface area contributed by atoms with Gasteiger partial charge in [0, 0.05) is 10.4 Å². The molecule has 1 unspecified atom stereocenters. The van der Waals surface area contributed by atoms with Crippen molar-refractivity contribution in [1.29, 1.82) is 0 Å². The number of amides is 1. The highest BCUT2D eigenvalue weighted by molar-refractivity contribution is 6.42. The molecule has 0 fully saturated rings. The van der Waals surface area contributed by atoms with Gasteiger partial charge in [-0.05, 0) is 31.2 Å². The predicted molar refractivity (Wildman–Crippen MR) is 101 cm³/mol. The molecular formula is C18H12Cl3NO4. The summed E-state index contributed by atoms with van der Waals surface area (Å²) in [6.07, 6.45) is -1.10. The molecule has 0 aliphatic rings. The summed E-state index contributed by atoms with van der Waals surface area (Å²) in [5, 5.41) is 3.96. The third-order valence-corrected chi connectivity index (χ3v) is 4.35. The lowest BCUT2D eigenvalue weighted by Gasteiger charge is -2.14. The van der Waals surface area contributed by atoms with Crippen LogP contribution < -0.4 is 5.32 Å². The van der Waals surface area contributed by atoms with Crippen molar-refractivity contribution in [2.24, 2.45) is 0 Å². The van der Waals surface area contributed by atoms with Gasteiger partial charge in [-0.15, -0.1) is 0 Å². The first-order valence-electron chi connectivity index (χ1n) is 7.50. The van der Waals surface area contributed by atoms with Crippen LogP contribution in [0.2, 0.25) is 15.1 Å². The van der Waals surface area contributed by atoms with Gasteiger partial charge in [0.25, 0.3) is 5.91 Å². The van der Waals surface area contributed by atoms with E-state index in [1.54, 1.807) is 24.3 Å². The maximum Gasteiger partial charge on any atom is 0.375 e. The number of furan rings is 1. The summed E-state index contributed by atoms with van der Waals surface area (Å²) in [7, 11) is 0. The van der Waals surface area contributed by atoms with Crippen LogP contribution in [0.5, 0.6) is 0 Å². The number of rotatable bonds is 4. The minimum Gasteiger partial charge on any atom is -0.449 e. The van der Waals surface area contributed by atoms with Crippen LogP contribution in [0.3, 0.4) is 0 Å². The number of fused-ring (bicyclic) bond motifs is 1. The Morgan fingerprint density at radius 1 is 1.08 bits per heavy atom. The molecule has 3 aromatic rings. The fourth-order valence-electron chi connectivity index (χ4n) is 2.24. The highest BCUT2D eigenvalue weighted by Crippen LogP contribution is 2.33. The Morgan fingerprint density at radius 3 is 2.38 bits per heavy atom. The standard InChI is InChI=1S/C18H12Cl3NO4/c1-9(17(23)22-16-12(20)7-11(19)8-13(16)21)25-18(24)15-6-10-4-2-3-5-14(10)26-15/h2-9H,1H3,(H,22,23). The minimum atomic E-state index is -1.10. The molecule has 134 valence electrons. The first kappa shape index (κ1) is 18.6. The monoisotopic (exact) mass is 411 g/mol. The second-order valence-electron chi connectivity index (χ2n) is 5.43. The van der Waals surface area contributed by atoms with Crippen molar-refractivity contribution in [3.8, 4) is 0 Å². The molecular weight excluding hydrogens is 401 g/mol. The van der Waals surface area contributed by atoms with Gasteiger partial charge in [0.2, 0.25) is 5.76 Å². The molecule has 0 bridgehead atoms. The molecule has 2 aromatic carbocycles. The third kappa shape index (κ3) is 3.96. The topological polar surface area (TPSA) is 68.5 Å². The molecule has 1 atom stereocenters. The second-order valence-corrected chi connectivity index (χ2v) is 6.68. The summed E-state index contributed by atoms with van der Waals surface area (Å²) < 4.78 is 10.6. The molecule has 0 spiro atoms. The van der Waals surface area contributed by atoms with E-state index in [4.69, 9.17) is 44.0 Å². The zero-order valence-corrected chi connectivity index (χ0v) is 15.7. The summed E-state index contributed by atoms with van der Waals surface area (Å²) in [5.74, 6) is -1.34. The number of hydrogen-bond acceptors (Lipinski definition) is 4. The molecule has 8 heteroatoms. The SMILES string of the molecule is CC(OC(=O)c1cc2ccccc2o1)C(=O)Nc1c(Cl)cc(Cl)cc1Cl. The van der Waals surface area contributed by atoms with Crippen LogP contribution in [0.4, 0.5) is 5.69 Å². The zero-order chi connectivity index (χ0) is 18.8. The molecule has 1 N–H and O–H groups in total. The van der Waals surface area contributed by atoms with Crippen molar-refractivity contribution < 1.29 is 18.7 Å². The van der Waals surface area contributed by atoms with Crippen LogP contribution >= 0.6 is 34.8 Å². The average Bonchev–Trinajstić information content (AvgIpc) is 3.02. The van der Waals surface area contributed by atoms with Crippen molar-refractivity contribution in [2.75, 3.05) is 5.32 Å². The molecule has 0 radical (unpaired) electrons. The molecule has 3 rings (SSSR count). The Kier molecular flexibility index (Phi) is 5.41. The molecule has 1 amide bonds. The molecule has 1 aromatic heterocycles. The van der Waals surface area contributed by atoms with Gasteiger partial charge in [-0.2, -0.15) is 0 Å². The van der Waals surface area contributed by atoms with E-state index in [0.717, 1.165) is 5.39 Å². The van der Waals surface area contributed by atoms with Crippen molar-refractivity contribution in [3.05, 3.63) is 63.3 Å². The highest BCUT2D eigenvalue weighted by Gasteiger charge is 2.23. The highest BCUT2D eigenvalue weighted by atomic mass is 35.5. The molecule has 5 nitrogen and oxygen atoms in total. The van der Waals surface area contributed by atoms with E-state index in [2.05, 4.69) is 5.32 Å².